The first-order valence-corrected chi connectivity index (χ1v) is 13.8. The Hall–Kier alpha value is 0.0700. The summed E-state index contributed by atoms with van der Waals surface area (Å²) in [6.07, 6.45) is 20.8. The smallest absolute Gasteiger partial charge is 0.267 e. The zero-order valence-electron chi connectivity index (χ0n) is 19.3. The van der Waals surface area contributed by atoms with Crippen molar-refractivity contribution in [1.82, 2.24) is 0 Å². The predicted molar refractivity (Wildman–Crippen MR) is 120 cm³/mol. The molecule has 0 aromatic rings. The third kappa shape index (κ3) is 24.2. The molecule has 0 aliphatic heterocycles. The SMILES string of the molecule is CCCCCCCCCCCCCOP(=O)([O-])OCCOCCCCCCCC. The molecule has 1 atom stereocenters. The fourth-order valence-corrected chi connectivity index (χ4v) is 4.00. The summed E-state index contributed by atoms with van der Waals surface area (Å²) in [5, 5.41) is 0. The number of phosphoric acid groups is 1. The Morgan fingerprint density at radius 2 is 0.897 bits per heavy atom. The van der Waals surface area contributed by atoms with Gasteiger partial charge in [0.15, 0.2) is 0 Å². The molecule has 0 aromatic heterocycles. The number of unbranched alkanes of at least 4 members (excludes halogenated alkanes) is 15. The highest BCUT2D eigenvalue weighted by molar-refractivity contribution is 7.45. The van der Waals surface area contributed by atoms with Crippen LogP contribution in [0.3, 0.4) is 0 Å². The summed E-state index contributed by atoms with van der Waals surface area (Å²) in [5.41, 5.74) is 0. The van der Waals surface area contributed by atoms with Gasteiger partial charge in [-0.3, -0.25) is 4.57 Å². The molecule has 29 heavy (non-hydrogen) atoms. The van der Waals surface area contributed by atoms with Crippen LogP contribution in [0.5, 0.6) is 0 Å². The third-order valence-electron chi connectivity index (χ3n) is 5.12. The number of ether oxygens (including phenoxy) is 1. The second kappa shape index (κ2) is 22.7. The van der Waals surface area contributed by atoms with Crippen LogP contribution in [-0.2, 0) is 18.3 Å². The molecule has 0 rings (SSSR count). The molecule has 6 heteroatoms. The average molecular weight is 436 g/mol. The fraction of sp³-hybridized carbons (Fsp3) is 1.00. The number of hydrogen-bond acceptors (Lipinski definition) is 5. The normalized spacial score (nSPS) is 13.6. The molecule has 0 aromatic carbocycles. The van der Waals surface area contributed by atoms with Crippen molar-refractivity contribution in [2.45, 2.75) is 123 Å². The van der Waals surface area contributed by atoms with Gasteiger partial charge in [0.25, 0.3) is 7.82 Å². The Morgan fingerprint density at radius 3 is 1.38 bits per heavy atom. The van der Waals surface area contributed by atoms with Gasteiger partial charge in [-0.25, -0.2) is 0 Å². The first-order chi connectivity index (χ1) is 14.1. The van der Waals surface area contributed by atoms with Crippen molar-refractivity contribution in [3.05, 3.63) is 0 Å². The first-order valence-electron chi connectivity index (χ1n) is 12.3. The maximum Gasteiger partial charge on any atom is 0.267 e. The summed E-state index contributed by atoms with van der Waals surface area (Å²) in [5.74, 6) is 0. The van der Waals surface area contributed by atoms with E-state index in [9.17, 15) is 9.46 Å². The van der Waals surface area contributed by atoms with Crippen molar-refractivity contribution in [2.24, 2.45) is 0 Å². The fourth-order valence-electron chi connectivity index (χ4n) is 3.27. The van der Waals surface area contributed by atoms with Crippen LogP contribution in [0.4, 0.5) is 0 Å². The van der Waals surface area contributed by atoms with Crippen LogP contribution in [0.1, 0.15) is 123 Å². The average Bonchev–Trinajstić information content (AvgIpc) is 2.70. The van der Waals surface area contributed by atoms with Gasteiger partial charge in [0.2, 0.25) is 0 Å². The third-order valence-corrected chi connectivity index (χ3v) is 6.11. The van der Waals surface area contributed by atoms with Crippen LogP contribution in [-0.4, -0.2) is 26.4 Å². The summed E-state index contributed by atoms with van der Waals surface area (Å²) in [4.78, 5) is 11.7. The van der Waals surface area contributed by atoms with E-state index in [1.165, 1.54) is 83.5 Å². The van der Waals surface area contributed by atoms with E-state index in [4.69, 9.17) is 13.8 Å². The minimum atomic E-state index is -4.18. The minimum absolute atomic E-state index is 0.0366. The van der Waals surface area contributed by atoms with E-state index < -0.39 is 7.82 Å². The largest absolute Gasteiger partial charge is 0.756 e. The van der Waals surface area contributed by atoms with E-state index >= 15 is 0 Å². The van der Waals surface area contributed by atoms with E-state index in [2.05, 4.69) is 13.8 Å². The number of hydrogen-bond donors (Lipinski definition) is 0. The maximum atomic E-state index is 11.7. The van der Waals surface area contributed by atoms with Gasteiger partial charge in [0, 0.05) is 6.61 Å². The molecule has 0 heterocycles. The molecule has 0 aliphatic rings. The molecular formula is C23H48O5P-. The van der Waals surface area contributed by atoms with E-state index in [1.54, 1.807) is 0 Å². The van der Waals surface area contributed by atoms with Crippen molar-refractivity contribution in [1.29, 1.82) is 0 Å². The van der Waals surface area contributed by atoms with Gasteiger partial charge in [-0.05, 0) is 12.8 Å². The summed E-state index contributed by atoms with van der Waals surface area (Å²) in [6, 6.07) is 0. The van der Waals surface area contributed by atoms with Crippen LogP contribution in [0, 0.1) is 0 Å². The van der Waals surface area contributed by atoms with Crippen molar-refractivity contribution < 1.29 is 23.2 Å². The van der Waals surface area contributed by atoms with E-state index in [-0.39, 0.29) is 13.2 Å². The van der Waals surface area contributed by atoms with Crippen LogP contribution in [0.2, 0.25) is 0 Å². The number of rotatable bonds is 24. The highest BCUT2D eigenvalue weighted by Crippen LogP contribution is 2.38. The Labute approximate surface area is 180 Å². The van der Waals surface area contributed by atoms with Gasteiger partial charge in [0.05, 0.1) is 19.8 Å². The molecule has 0 aliphatic carbocycles. The van der Waals surface area contributed by atoms with Crippen molar-refractivity contribution in [3.8, 4) is 0 Å². The van der Waals surface area contributed by atoms with E-state index in [0.717, 1.165) is 25.7 Å². The molecule has 0 amide bonds. The van der Waals surface area contributed by atoms with E-state index in [1.807, 2.05) is 0 Å². The quantitative estimate of drug-likeness (QED) is 0.119. The molecule has 0 saturated carbocycles. The van der Waals surface area contributed by atoms with Gasteiger partial charge in [-0.15, -0.1) is 0 Å². The molecule has 0 saturated heterocycles. The lowest BCUT2D eigenvalue weighted by molar-refractivity contribution is -0.226. The number of phosphoric ester groups is 1. The van der Waals surface area contributed by atoms with Gasteiger partial charge in [0.1, 0.15) is 0 Å². The Balaban J connectivity index is 3.31. The summed E-state index contributed by atoms with van der Waals surface area (Å²) >= 11 is 0. The second-order valence-corrected chi connectivity index (χ2v) is 9.44. The molecule has 5 nitrogen and oxygen atoms in total. The first kappa shape index (κ1) is 29.1. The van der Waals surface area contributed by atoms with Crippen LogP contribution >= 0.6 is 7.82 Å². The molecule has 0 radical (unpaired) electrons. The monoisotopic (exact) mass is 435 g/mol. The highest BCUT2D eigenvalue weighted by atomic mass is 31.2. The standard InChI is InChI=1S/C23H49O5P/c1-3-5-7-9-11-12-13-14-15-17-19-21-27-29(24,25)28-23-22-26-20-18-16-10-8-6-4-2/h3-23H2,1-2H3,(H,24,25)/p-1. The van der Waals surface area contributed by atoms with Crippen LogP contribution < -0.4 is 4.89 Å². The van der Waals surface area contributed by atoms with Gasteiger partial charge < -0.3 is 18.7 Å². The van der Waals surface area contributed by atoms with Gasteiger partial charge in [-0.2, -0.15) is 0 Å². The van der Waals surface area contributed by atoms with Crippen LogP contribution in [0.25, 0.3) is 0 Å². The van der Waals surface area contributed by atoms with Crippen molar-refractivity contribution in [3.63, 3.8) is 0 Å². The molecule has 0 bridgehead atoms. The van der Waals surface area contributed by atoms with Crippen LogP contribution in [0.15, 0.2) is 0 Å². The predicted octanol–water partition coefficient (Wildman–Crippen LogP) is 7.18. The topological polar surface area (TPSA) is 67.8 Å². The lowest BCUT2D eigenvalue weighted by Gasteiger charge is -2.22. The zero-order chi connectivity index (χ0) is 21.5. The molecule has 1 unspecified atom stereocenters. The highest BCUT2D eigenvalue weighted by Gasteiger charge is 2.08. The van der Waals surface area contributed by atoms with Crippen molar-refractivity contribution in [2.75, 3.05) is 26.4 Å². The Bertz CT molecular complexity index is 365. The molecule has 0 N–H and O–H groups in total. The Morgan fingerprint density at radius 1 is 0.517 bits per heavy atom. The summed E-state index contributed by atoms with van der Waals surface area (Å²) in [7, 11) is -4.18. The van der Waals surface area contributed by atoms with Gasteiger partial charge in [-0.1, -0.05) is 110 Å². The lowest BCUT2D eigenvalue weighted by Crippen LogP contribution is -2.12. The maximum absolute atomic E-state index is 11.7. The molecule has 176 valence electrons. The van der Waals surface area contributed by atoms with Crippen molar-refractivity contribution >= 4 is 7.82 Å². The van der Waals surface area contributed by atoms with Gasteiger partial charge >= 0.3 is 0 Å². The lowest BCUT2D eigenvalue weighted by atomic mass is 10.1. The Kier molecular flexibility index (Phi) is 22.8. The zero-order valence-corrected chi connectivity index (χ0v) is 20.2. The molecular weight excluding hydrogens is 387 g/mol. The molecule has 0 fully saturated rings. The minimum Gasteiger partial charge on any atom is -0.756 e. The summed E-state index contributed by atoms with van der Waals surface area (Å²) < 4.78 is 26.8. The summed E-state index contributed by atoms with van der Waals surface area (Å²) in [6.45, 7) is 5.67. The van der Waals surface area contributed by atoms with E-state index in [0.29, 0.717) is 13.2 Å². The second-order valence-electron chi connectivity index (χ2n) is 8.03. The molecule has 0 spiro atoms.